The Morgan fingerprint density at radius 3 is 2.05 bits per heavy atom. The van der Waals surface area contributed by atoms with Gasteiger partial charge in [-0.2, -0.15) is 0 Å². The molecular weight excluding hydrogens is 791 g/mol. The summed E-state index contributed by atoms with van der Waals surface area (Å²) in [7, 11) is 1.16. The molecule has 5 nitrogen and oxygen atoms in total. The van der Waals surface area contributed by atoms with Crippen molar-refractivity contribution in [3.63, 3.8) is 0 Å². The van der Waals surface area contributed by atoms with Crippen LogP contribution in [0.5, 0.6) is 0 Å². The fourth-order valence-electron chi connectivity index (χ4n) is 2.32. The molecule has 4 rings (SSSR count). The molecule has 0 aliphatic heterocycles. The molecule has 0 saturated carbocycles. The number of halogens is 6. The summed E-state index contributed by atoms with van der Waals surface area (Å²) in [6.07, 6.45) is 4.07. The summed E-state index contributed by atoms with van der Waals surface area (Å²) in [5.41, 5.74) is 6.93. The largest absolute Gasteiger partial charge is 0.396 e. The highest BCUT2D eigenvalue weighted by Crippen LogP contribution is 2.24. The standard InChI is InChI=1S/C7H4BrN.C7H5ClF2O2S.C7H6N2.C6H4BrI/c1-9-7-5-3-2-4-6(7)8;8-13(11,12)6-3-1-5(2-4-6)7(9)10;1-2-7-6(8)4-3-5-9-7;7-5-2-1-3-6(8)4-5/h2-5H;1-4,7H;1,3-5H,8H2;1-4H. The first kappa shape index (κ1) is 34.5. The Bertz CT molecular complexity index is 1470. The minimum Gasteiger partial charge on any atom is -0.396 e. The molecular formula is C27H19Br2ClF2IN3O2S. The molecule has 1 heterocycles. The van der Waals surface area contributed by atoms with Crippen LogP contribution in [0.1, 0.15) is 17.7 Å². The molecule has 202 valence electrons. The molecule has 12 heteroatoms. The number of rotatable bonds is 2. The molecule has 0 atom stereocenters. The summed E-state index contributed by atoms with van der Waals surface area (Å²) in [5, 5.41) is 0. The van der Waals surface area contributed by atoms with Gasteiger partial charge in [0.2, 0.25) is 5.69 Å². The molecule has 0 aliphatic carbocycles. The van der Waals surface area contributed by atoms with Crippen LogP contribution in [-0.4, -0.2) is 13.4 Å². The minimum atomic E-state index is -3.82. The summed E-state index contributed by atoms with van der Waals surface area (Å²) in [6.45, 7) is 6.68. The van der Waals surface area contributed by atoms with Gasteiger partial charge >= 0.3 is 0 Å². The Labute approximate surface area is 261 Å². The summed E-state index contributed by atoms with van der Waals surface area (Å²) in [5.74, 6) is 2.36. The third-order valence-corrected chi connectivity index (χ3v) is 7.35. The maximum atomic E-state index is 12.0. The van der Waals surface area contributed by atoms with Gasteiger partial charge in [0, 0.05) is 35.0 Å². The zero-order chi connectivity index (χ0) is 29.4. The van der Waals surface area contributed by atoms with Gasteiger partial charge in [-0.15, -0.1) is 6.42 Å². The second-order valence-electron chi connectivity index (χ2n) is 6.90. The number of anilines is 1. The van der Waals surface area contributed by atoms with E-state index in [4.69, 9.17) is 29.4 Å². The number of pyridine rings is 1. The number of nitrogens with zero attached hydrogens (tertiary/aromatic N) is 2. The van der Waals surface area contributed by atoms with Gasteiger partial charge in [0.15, 0.2) is 0 Å². The third kappa shape index (κ3) is 13.9. The highest BCUT2D eigenvalue weighted by Gasteiger charge is 2.11. The van der Waals surface area contributed by atoms with E-state index in [1.807, 2.05) is 30.3 Å². The van der Waals surface area contributed by atoms with Crippen LogP contribution < -0.4 is 5.73 Å². The van der Waals surface area contributed by atoms with Crippen molar-refractivity contribution in [2.24, 2.45) is 0 Å². The predicted octanol–water partition coefficient (Wildman–Crippen LogP) is 9.25. The monoisotopic (exact) mass is 807 g/mol. The van der Waals surface area contributed by atoms with Gasteiger partial charge in [0.25, 0.3) is 15.5 Å². The van der Waals surface area contributed by atoms with E-state index in [9.17, 15) is 17.2 Å². The first-order valence-electron chi connectivity index (χ1n) is 10.4. The van der Waals surface area contributed by atoms with Crippen molar-refractivity contribution in [2.75, 3.05) is 5.73 Å². The number of alkyl halides is 2. The maximum absolute atomic E-state index is 12.0. The van der Waals surface area contributed by atoms with E-state index in [0.29, 0.717) is 17.1 Å². The van der Waals surface area contributed by atoms with E-state index >= 15 is 0 Å². The molecule has 2 N–H and O–H groups in total. The lowest BCUT2D eigenvalue weighted by molar-refractivity contribution is 0.151. The molecule has 0 radical (unpaired) electrons. The van der Waals surface area contributed by atoms with Crippen molar-refractivity contribution in [2.45, 2.75) is 11.3 Å². The molecule has 0 spiro atoms. The average molecular weight is 810 g/mol. The van der Waals surface area contributed by atoms with E-state index in [0.717, 1.165) is 33.2 Å². The highest BCUT2D eigenvalue weighted by atomic mass is 127. The summed E-state index contributed by atoms with van der Waals surface area (Å²) >= 11 is 8.88. The lowest BCUT2D eigenvalue weighted by Gasteiger charge is -1.99. The predicted molar refractivity (Wildman–Crippen MR) is 168 cm³/mol. The minimum absolute atomic E-state index is 0.182. The SMILES string of the molecule is Brc1cccc(I)c1.C#Cc1ncccc1N.O=S(=O)(Cl)c1ccc(C(F)F)cc1.[C-]#[N+]c1ccccc1Br. The van der Waals surface area contributed by atoms with Crippen LogP contribution in [0.25, 0.3) is 4.85 Å². The third-order valence-electron chi connectivity index (χ3n) is 4.15. The van der Waals surface area contributed by atoms with Crippen molar-refractivity contribution in [1.82, 2.24) is 4.98 Å². The van der Waals surface area contributed by atoms with Gasteiger partial charge in [0.1, 0.15) is 5.69 Å². The lowest BCUT2D eigenvalue weighted by atomic mass is 10.2. The highest BCUT2D eigenvalue weighted by molar-refractivity contribution is 14.1. The second-order valence-corrected chi connectivity index (χ2v) is 12.5. The van der Waals surface area contributed by atoms with Crippen molar-refractivity contribution >= 4 is 85.6 Å². The molecule has 0 fully saturated rings. The van der Waals surface area contributed by atoms with Crippen molar-refractivity contribution in [1.29, 1.82) is 0 Å². The quantitative estimate of drug-likeness (QED) is 0.0949. The van der Waals surface area contributed by atoms with Crippen molar-refractivity contribution in [3.05, 3.63) is 126 Å². The Hall–Kier alpha value is -2.55. The fraction of sp³-hybridized carbons (Fsp3) is 0.0370. The Balaban J connectivity index is 0.000000265. The zero-order valence-corrected chi connectivity index (χ0v) is 26.7. The number of hydrogen-bond donors (Lipinski definition) is 1. The molecule has 0 unspecified atom stereocenters. The Morgan fingerprint density at radius 1 is 1.03 bits per heavy atom. The van der Waals surface area contributed by atoms with Crippen LogP contribution in [0.3, 0.4) is 0 Å². The van der Waals surface area contributed by atoms with Crippen LogP contribution in [0, 0.1) is 22.5 Å². The number of para-hydroxylation sites is 1. The first-order chi connectivity index (χ1) is 18.4. The number of benzene rings is 3. The van der Waals surface area contributed by atoms with E-state index in [-0.39, 0.29) is 10.5 Å². The molecule has 0 amide bonds. The summed E-state index contributed by atoms with van der Waals surface area (Å²) in [6, 6.07) is 23.1. The normalized spacial score (nSPS) is 9.77. The molecule has 0 aliphatic rings. The van der Waals surface area contributed by atoms with Crippen LogP contribution in [0.2, 0.25) is 0 Å². The number of aromatic nitrogens is 1. The first-order valence-corrected chi connectivity index (χ1v) is 15.4. The maximum Gasteiger partial charge on any atom is 0.263 e. The molecule has 3 aromatic carbocycles. The van der Waals surface area contributed by atoms with E-state index in [2.05, 4.69) is 82.3 Å². The van der Waals surface area contributed by atoms with Gasteiger partial charge < -0.3 is 5.73 Å². The summed E-state index contributed by atoms with van der Waals surface area (Å²) in [4.78, 5) is 6.93. The van der Waals surface area contributed by atoms with Gasteiger partial charge in [-0.3, -0.25) is 0 Å². The average Bonchev–Trinajstić information content (AvgIpc) is 2.90. The lowest BCUT2D eigenvalue weighted by Crippen LogP contribution is -1.91. The van der Waals surface area contributed by atoms with Crippen LogP contribution in [0.15, 0.2) is 105 Å². The van der Waals surface area contributed by atoms with Crippen LogP contribution in [0.4, 0.5) is 20.2 Å². The van der Waals surface area contributed by atoms with Crippen molar-refractivity contribution in [3.8, 4) is 12.3 Å². The van der Waals surface area contributed by atoms with E-state index in [1.54, 1.807) is 24.4 Å². The van der Waals surface area contributed by atoms with E-state index < -0.39 is 15.5 Å². The molecule has 1 aromatic heterocycles. The van der Waals surface area contributed by atoms with Gasteiger partial charge in [-0.05, 0) is 71.0 Å². The number of nitrogens with two attached hydrogens (primary N) is 1. The smallest absolute Gasteiger partial charge is 0.263 e. The van der Waals surface area contributed by atoms with Gasteiger partial charge in [-0.1, -0.05) is 74.3 Å². The molecule has 39 heavy (non-hydrogen) atoms. The van der Waals surface area contributed by atoms with Crippen molar-refractivity contribution < 1.29 is 17.2 Å². The van der Waals surface area contributed by atoms with Crippen LogP contribution in [-0.2, 0) is 9.05 Å². The molecule has 0 bridgehead atoms. The number of hydrogen-bond acceptors (Lipinski definition) is 4. The topological polar surface area (TPSA) is 77.4 Å². The number of nitrogen functional groups attached to an aromatic ring is 1. The second kappa shape index (κ2) is 17.9. The molecule has 0 saturated heterocycles. The van der Waals surface area contributed by atoms with Gasteiger partial charge in [-0.25, -0.2) is 27.0 Å². The number of terminal acetylenes is 1. The van der Waals surface area contributed by atoms with Crippen LogP contribution >= 0.6 is 65.1 Å². The Morgan fingerprint density at radius 2 is 1.67 bits per heavy atom. The summed E-state index contributed by atoms with van der Waals surface area (Å²) < 4.78 is 48.7. The van der Waals surface area contributed by atoms with Gasteiger partial charge in [0.05, 0.1) is 17.2 Å². The zero-order valence-electron chi connectivity index (χ0n) is 19.8. The fourth-order valence-corrected chi connectivity index (χ4v) is 4.83. The molecule has 4 aromatic rings. The Kier molecular flexibility index (Phi) is 15.8. The van der Waals surface area contributed by atoms with E-state index in [1.165, 1.54) is 3.57 Å².